The van der Waals surface area contributed by atoms with Crippen LogP contribution in [0.1, 0.15) is 37.8 Å². The Kier molecular flexibility index (Phi) is 9.51. The summed E-state index contributed by atoms with van der Waals surface area (Å²) in [6, 6.07) is 14.2. The highest BCUT2D eigenvalue weighted by molar-refractivity contribution is 6.30. The molecule has 0 saturated heterocycles. The zero-order valence-corrected chi connectivity index (χ0v) is 17.6. The van der Waals surface area contributed by atoms with E-state index in [9.17, 15) is 0 Å². The highest BCUT2D eigenvalue weighted by atomic mass is 35.5. The van der Waals surface area contributed by atoms with E-state index < -0.39 is 0 Å². The Morgan fingerprint density at radius 3 is 2.26 bits per heavy atom. The SMILES string of the molecule is CCCN(CCC)CCc1ccc(OC)c(OCCc2cccc(Cl)c2)c1. The summed E-state index contributed by atoms with van der Waals surface area (Å²) in [6.07, 6.45) is 4.23. The van der Waals surface area contributed by atoms with Crippen LogP contribution in [0.2, 0.25) is 5.02 Å². The number of benzene rings is 2. The molecule has 0 heterocycles. The van der Waals surface area contributed by atoms with Crippen molar-refractivity contribution < 1.29 is 9.47 Å². The van der Waals surface area contributed by atoms with Gasteiger partial charge in [0, 0.05) is 18.0 Å². The minimum Gasteiger partial charge on any atom is -0.493 e. The molecule has 0 aliphatic heterocycles. The summed E-state index contributed by atoms with van der Waals surface area (Å²) in [5, 5.41) is 0.760. The molecule has 0 saturated carbocycles. The summed E-state index contributed by atoms with van der Waals surface area (Å²) in [6.45, 7) is 8.47. The number of nitrogens with zero attached hydrogens (tertiary/aromatic N) is 1. The van der Waals surface area contributed by atoms with E-state index in [2.05, 4.69) is 36.9 Å². The largest absolute Gasteiger partial charge is 0.493 e. The summed E-state index contributed by atoms with van der Waals surface area (Å²) in [4.78, 5) is 2.53. The molecule has 0 atom stereocenters. The van der Waals surface area contributed by atoms with Crippen LogP contribution in [0, 0.1) is 0 Å². The second kappa shape index (κ2) is 11.9. The van der Waals surface area contributed by atoms with Crippen molar-refractivity contribution in [3.8, 4) is 11.5 Å². The lowest BCUT2D eigenvalue weighted by molar-refractivity contribution is 0.277. The van der Waals surface area contributed by atoms with Gasteiger partial charge in [0.2, 0.25) is 0 Å². The van der Waals surface area contributed by atoms with Gasteiger partial charge in [-0.15, -0.1) is 0 Å². The van der Waals surface area contributed by atoms with Gasteiger partial charge in [0.15, 0.2) is 11.5 Å². The van der Waals surface area contributed by atoms with Crippen LogP contribution in [0.3, 0.4) is 0 Å². The second-order valence-electron chi connectivity index (χ2n) is 6.81. The van der Waals surface area contributed by atoms with Gasteiger partial charge in [-0.2, -0.15) is 0 Å². The number of hydrogen-bond acceptors (Lipinski definition) is 3. The average molecular weight is 390 g/mol. The van der Waals surface area contributed by atoms with Crippen LogP contribution in [0.15, 0.2) is 42.5 Å². The van der Waals surface area contributed by atoms with Gasteiger partial charge >= 0.3 is 0 Å². The molecule has 3 nitrogen and oxygen atoms in total. The van der Waals surface area contributed by atoms with Gasteiger partial charge < -0.3 is 14.4 Å². The normalized spacial score (nSPS) is 11.0. The molecule has 148 valence electrons. The number of methoxy groups -OCH3 is 1. The second-order valence-corrected chi connectivity index (χ2v) is 7.24. The Morgan fingerprint density at radius 1 is 0.852 bits per heavy atom. The highest BCUT2D eigenvalue weighted by Gasteiger charge is 2.08. The maximum absolute atomic E-state index is 6.05. The van der Waals surface area contributed by atoms with Crippen molar-refractivity contribution in [2.24, 2.45) is 0 Å². The Hall–Kier alpha value is -1.71. The molecule has 0 amide bonds. The quantitative estimate of drug-likeness (QED) is 0.469. The molecule has 0 radical (unpaired) electrons. The lowest BCUT2D eigenvalue weighted by Crippen LogP contribution is -2.27. The number of halogens is 1. The van der Waals surface area contributed by atoms with Crippen LogP contribution < -0.4 is 9.47 Å². The fourth-order valence-electron chi connectivity index (χ4n) is 3.22. The van der Waals surface area contributed by atoms with E-state index in [0.29, 0.717) is 6.61 Å². The molecule has 0 aromatic heterocycles. The third-order valence-electron chi connectivity index (χ3n) is 4.56. The highest BCUT2D eigenvalue weighted by Crippen LogP contribution is 2.28. The van der Waals surface area contributed by atoms with Crippen molar-refractivity contribution in [3.05, 3.63) is 58.6 Å². The maximum Gasteiger partial charge on any atom is 0.161 e. The number of hydrogen-bond donors (Lipinski definition) is 0. The van der Waals surface area contributed by atoms with Crippen molar-refractivity contribution in [3.63, 3.8) is 0 Å². The zero-order valence-electron chi connectivity index (χ0n) is 16.8. The predicted octanol–water partition coefficient (Wildman–Crippen LogP) is 5.63. The van der Waals surface area contributed by atoms with Crippen LogP contribution in [0.25, 0.3) is 0 Å². The molecular formula is C23H32ClNO2. The van der Waals surface area contributed by atoms with E-state index in [1.165, 1.54) is 24.0 Å². The van der Waals surface area contributed by atoms with E-state index in [4.69, 9.17) is 21.1 Å². The third kappa shape index (κ3) is 7.43. The van der Waals surface area contributed by atoms with Gasteiger partial charge in [-0.3, -0.25) is 0 Å². The van der Waals surface area contributed by atoms with Gasteiger partial charge in [0.1, 0.15) is 0 Å². The van der Waals surface area contributed by atoms with E-state index >= 15 is 0 Å². The fraction of sp³-hybridized carbons (Fsp3) is 0.478. The molecule has 0 aliphatic carbocycles. The first kappa shape index (κ1) is 21.6. The minimum absolute atomic E-state index is 0.595. The molecule has 27 heavy (non-hydrogen) atoms. The van der Waals surface area contributed by atoms with Crippen LogP contribution in [0.5, 0.6) is 11.5 Å². The molecule has 0 unspecified atom stereocenters. The van der Waals surface area contributed by atoms with E-state index in [1.807, 2.05) is 24.3 Å². The molecule has 0 bridgehead atoms. The predicted molar refractivity (Wildman–Crippen MR) is 114 cm³/mol. The topological polar surface area (TPSA) is 21.7 Å². The molecule has 0 fully saturated rings. The maximum atomic E-state index is 6.05. The molecular weight excluding hydrogens is 358 g/mol. The lowest BCUT2D eigenvalue weighted by Gasteiger charge is -2.21. The first-order valence-corrected chi connectivity index (χ1v) is 10.3. The lowest BCUT2D eigenvalue weighted by atomic mass is 10.1. The van der Waals surface area contributed by atoms with Crippen LogP contribution >= 0.6 is 11.6 Å². The smallest absolute Gasteiger partial charge is 0.161 e. The molecule has 0 spiro atoms. The fourth-order valence-corrected chi connectivity index (χ4v) is 3.43. The van der Waals surface area contributed by atoms with Crippen LogP contribution in [-0.2, 0) is 12.8 Å². The van der Waals surface area contributed by atoms with Crippen LogP contribution in [-0.4, -0.2) is 38.3 Å². The van der Waals surface area contributed by atoms with Crippen molar-refractivity contribution in [2.45, 2.75) is 39.5 Å². The summed E-state index contributed by atoms with van der Waals surface area (Å²) in [7, 11) is 1.68. The van der Waals surface area contributed by atoms with Crippen molar-refractivity contribution in [1.29, 1.82) is 0 Å². The van der Waals surface area contributed by atoms with Gasteiger partial charge in [-0.1, -0.05) is 43.6 Å². The monoisotopic (exact) mass is 389 g/mol. The summed E-state index contributed by atoms with van der Waals surface area (Å²) >= 11 is 6.05. The van der Waals surface area contributed by atoms with Crippen LogP contribution in [0.4, 0.5) is 0 Å². The van der Waals surface area contributed by atoms with Crippen molar-refractivity contribution in [1.82, 2.24) is 4.90 Å². The van der Waals surface area contributed by atoms with Gasteiger partial charge in [0.05, 0.1) is 13.7 Å². The summed E-state index contributed by atoms with van der Waals surface area (Å²) in [5.74, 6) is 1.60. The first-order chi connectivity index (χ1) is 13.2. The Labute approximate surface area is 169 Å². The van der Waals surface area contributed by atoms with Gasteiger partial charge in [0.25, 0.3) is 0 Å². The zero-order chi connectivity index (χ0) is 19.5. The van der Waals surface area contributed by atoms with E-state index in [-0.39, 0.29) is 0 Å². The Balaban J connectivity index is 1.95. The van der Waals surface area contributed by atoms with Gasteiger partial charge in [-0.05, 0) is 67.7 Å². The Bertz CT molecular complexity index is 684. The third-order valence-corrected chi connectivity index (χ3v) is 4.80. The first-order valence-electron chi connectivity index (χ1n) is 9.92. The number of rotatable bonds is 12. The molecule has 0 N–H and O–H groups in total. The van der Waals surface area contributed by atoms with Gasteiger partial charge in [-0.25, -0.2) is 0 Å². The van der Waals surface area contributed by atoms with Crippen molar-refractivity contribution >= 4 is 11.6 Å². The summed E-state index contributed by atoms with van der Waals surface area (Å²) in [5.41, 5.74) is 2.46. The molecule has 2 aromatic rings. The number of ether oxygens (including phenoxy) is 2. The Morgan fingerprint density at radius 2 is 1.59 bits per heavy atom. The standard InChI is InChI=1S/C23H32ClNO2/c1-4-13-25(14-5-2)15-11-20-9-10-22(26-3)23(18-20)27-16-12-19-7-6-8-21(24)17-19/h6-10,17-18H,4-5,11-16H2,1-3H3. The molecule has 2 aromatic carbocycles. The van der Waals surface area contributed by atoms with E-state index in [1.54, 1.807) is 7.11 Å². The minimum atomic E-state index is 0.595. The van der Waals surface area contributed by atoms with E-state index in [0.717, 1.165) is 49.0 Å². The summed E-state index contributed by atoms with van der Waals surface area (Å²) < 4.78 is 11.5. The molecule has 0 aliphatic rings. The average Bonchev–Trinajstić information content (AvgIpc) is 2.67. The molecule has 4 heteroatoms. The van der Waals surface area contributed by atoms with Crippen molar-refractivity contribution in [2.75, 3.05) is 33.4 Å². The molecule has 2 rings (SSSR count).